The monoisotopic (exact) mass is 419 g/mol. The number of carbonyl (C=O) groups is 1. The summed E-state index contributed by atoms with van der Waals surface area (Å²) in [6.45, 7) is 2.48. The van der Waals surface area contributed by atoms with E-state index < -0.39 is 10.0 Å². The lowest BCUT2D eigenvalue weighted by atomic mass is 9.97. The number of pyridine rings is 1. The number of amides is 1. The molecule has 3 rings (SSSR count). The normalized spacial score (nSPS) is 16.0. The van der Waals surface area contributed by atoms with Crippen LogP contribution < -0.4 is 5.32 Å². The number of piperidine rings is 1. The molecule has 1 aliphatic heterocycles. The van der Waals surface area contributed by atoms with E-state index >= 15 is 0 Å². The Bertz CT molecular complexity index is 879. The third kappa shape index (κ3) is 5.56. The standard InChI is InChI=1S/C20H25N3O3S2/c1-2-28(25,26)23-12-9-17(10-13-23)20(24)22-18-5-7-19(8-6-18)27-15-16-4-3-11-21-14-16/h3-8,11,14,17H,2,9-10,12-13,15H2,1H3,(H,22,24). The van der Waals surface area contributed by atoms with Crippen LogP contribution in [0.4, 0.5) is 5.69 Å². The molecule has 0 atom stereocenters. The highest BCUT2D eigenvalue weighted by Crippen LogP contribution is 2.25. The number of thioether (sulfide) groups is 1. The van der Waals surface area contributed by atoms with Crippen LogP contribution in [0.5, 0.6) is 0 Å². The van der Waals surface area contributed by atoms with Crippen LogP contribution in [0.25, 0.3) is 0 Å². The minimum absolute atomic E-state index is 0.0377. The zero-order valence-electron chi connectivity index (χ0n) is 15.9. The van der Waals surface area contributed by atoms with Gasteiger partial charge in [-0.1, -0.05) is 6.07 Å². The van der Waals surface area contributed by atoms with E-state index in [1.54, 1.807) is 24.9 Å². The molecule has 8 heteroatoms. The first-order valence-corrected chi connectivity index (χ1v) is 12.0. The predicted molar refractivity (Wildman–Crippen MR) is 113 cm³/mol. The van der Waals surface area contributed by atoms with Crippen molar-refractivity contribution in [2.75, 3.05) is 24.2 Å². The van der Waals surface area contributed by atoms with E-state index in [9.17, 15) is 13.2 Å². The first kappa shape index (κ1) is 20.8. The Morgan fingerprint density at radius 1 is 1.21 bits per heavy atom. The van der Waals surface area contributed by atoms with Crippen LogP contribution in [-0.2, 0) is 20.6 Å². The summed E-state index contributed by atoms with van der Waals surface area (Å²) in [6.07, 6.45) is 4.74. The topological polar surface area (TPSA) is 79.4 Å². The van der Waals surface area contributed by atoms with Gasteiger partial charge in [-0.15, -0.1) is 11.8 Å². The van der Waals surface area contributed by atoms with Gasteiger partial charge in [0.05, 0.1) is 5.75 Å². The maximum absolute atomic E-state index is 12.5. The molecule has 0 aliphatic carbocycles. The lowest BCUT2D eigenvalue weighted by molar-refractivity contribution is -0.120. The average Bonchev–Trinajstić information content (AvgIpc) is 2.74. The maximum Gasteiger partial charge on any atom is 0.227 e. The van der Waals surface area contributed by atoms with Gasteiger partial charge in [-0.05, 0) is 55.7 Å². The van der Waals surface area contributed by atoms with Crippen LogP contribution in [0.1, 0.15) is 25.3 Å². The minimum Gasteiger partial charge on any atom is -0.326 e. The Hall–Kier alpha value is -1.90. The van der Waals surface area contributed by atoms with Gasteiger partial charge in [-0.3, -0.25) is 9.78 Å². The van der Waals surface area contributed by atoms with E-state index in [0.29, 0.717) is 25.9 Å². The van der Waals surface area contributed by atoms with Crippen LogP contribution in [-0.4, -0.2) is 42.5 Å². The quantitative estimate of drug-likeness (QED) is 0.696. The molecule has 0 radical (unpaired) electrons. The molecule has 1 aromatic heterocycles. The van der Waals surface area contributed by atoms with Gasteiger partial charge in [0.25, 0.3) is 0 Å². The molecule has 1 aromatic carbocycles. The summed E-state index contributed by atoms with van der Waals surface area (Å²) in [7, 11) is -3.16. The summed E-state index contributed by atoms with van der Waals surface area (Å²) in [5.74, 6) is 0.764. The Balaban J connectivity index is 1.48. The molecule has 1 saturated heterocycles. The summed E-state index contributed by atoms with van der Waals surface area (Å²) in [4.78, 5) is 17.7. The average molecular weight is 420 g/mol. The molecule has 2 heterocycles. The third-order valence-corrected chi connectivity index (χ3v) is 7.80. The molecule has 1 fully saturated rings. The van der Waals surface area contributed by atoms with Crippen molar-refractivity contribution in [3.05, 3.63) is 54.4 Å². The summed E-state index contributed by atoms with van der Waals surface area (Å²) < 4.78 is 25.3. The summed E-state index contributed by atoms with van der Waals surface area (Å²) in [5.41, 5.74) is 1.93. The number of hydrogen-bond donors (Lipinski definition) is 1. The number of rotatable bonds is 7. The van der Waals surface area contributed by atoms with Crippen molar-refractivity contribution in [1.29, 1.82) is 0 Å². The molecule has 28 heavy (non-hydrogen) atoms. The number of sulfonamides is 1. The molecule has 1 aliphatic rings. The second-order valence-electron chi connectivity index (χ2n) is 6.74. The fourth-order valence-electron chi connectivity index (χ4n) is 3.11. The number of aromatic nitrogens is 1. The van der Waals surface area contributed by atoms with Gasteiger partial charge in [-0.25, -0.2) is 12.7 Å². The second-order valence-corrected chi connectivity index (χ2v) is 10.0. The van der Waals surface area contributed by atoms with Crippen molar-refractivity contribution in [1.82, 2.24) is 9.29 Å². The second kappa shape index (κ2) is 9.54. The van der Waals surface area contributed by atoms with Gasteiger partial charge in [0.2, 0.25) is 15.9 Å². The van der Waals surface area contributed by atoms with Gasteiger partial charge in [0.1, 0.15) is 0 Å². The van der Waals surface area contributed by atoms with Crippen LogP contribution >= 0.6 is 11.8 Å². The molecular formula is C20H25N3O3S2. The number of benzene rings is 1. The molecule has 150 valence electrons. The molecule has 0 unspecified atom stereocenters. The number of nitrogens with zero attached hydrogens (tertiary/aromatic N) is 2. The van der Waals surface area contributed by atoms with E-state index in [4.69, 9.17) is 0 Å². The van der Waals surface area contributed by atoms with Crippen molar-refractivity contribution in [3.63, 3.8) is 0 Å². The van der Waals surface area contributed by atoms with Gasteiger partial charge >= 0.3 is 0 Å². The van der Waals surface area contributed by atoms with Crippen LogP contribution in [0, 0.1) is 5.92 Å². The van der Waals surface area contributed by atoms with Crippen molar-refractivity contribution >= 4 is 33.4 Å². The van der Waals surface area contributed by atoms with Crippen LogP contribution in [0.3, 0.4) is 0 Å². The molecule has 1 amide bonds. The first-order chi connectivity index (χ1) is 13.5. The fourth-order valence-corrected chi connectivity index (χ4v) is 5.07. The van der Waals surface area contributed by atoms with Gasteiger partial charge in [-0.2, -0.15) is 0 Å². The Kier molecular flexibility index (Phi) is 7.09. The number of hydrogen-bond acceptors (Lipinski definition) is 5. The smallest absolute Gasteiger partial charge is 0.227 e. The van der Waals surface area contributed by atoms with E-state index in [0.717, 1.165) is 16.3 Å². The van der Waals surface area contributed by atoms with E-state index in [-0.39, 0.29) is 17.6 Å². The molecule has 0 bridgehead atoms. The highest BCUT2D eigenvalue weighted by atomic mass is 32.2. The first-order valence-electron chi connectivity index (χ1n) is 9.38. The molecule has 2 aromatic rings. The highest BCUT2D eigenvalue weighted by Gasteiger charge is 2.30. The van der Waals surface area contributed by atoms with Crippen LogP contribution in [0.15, 0.2) is 53.7 Å². The lowest BCUT2D eigenvalue weighted by Gasteiger charge is -2.30. The Morgan fingerprint density at radius 3 is 2.54 bits per heavy atom. The third-order valence-electron chi connectivity index (χ3n) is 4.83. The molecule has 6 nitrogen and oxygen atoms in total. The lowest BCUT2D eigenvalue weighted by Crippen LogP contribution is -2.42. The molecule has 0 spiro atoms. The zero-order valence-corrected chi connectivity index (χ0v) is 17.5. The van der Waals surface area contributed by atoms with Crippen molar-refractivity contribution in [2.24, 2.45) is 5.92 Å². The number of anilines is 1. The summed E-state index contributed by atoms with van der Waals surface area (Å²) in [5, 5.41) is 2.95. The zero-order chi connectivity index (χ0) is 20.0. The van der Waals surface area contributed by atoms with Gasteiger partial charge in [0, 0.05) is 47.7 Å². The molecule has 1 N–H and O–H groups in total. The highest BCUT2D eigenvalue weighted by molar-refractivity contribution is 7.98. The van der Waals surface area contributed by atoms with E-state index in [2.05, 4.69) is 10.3 Å². The van der Waals surface area contributed by atoms with Crippen molar-refractivity contribution in [3.8, 4) is 0 Å². The minimum atomic E-state index is -3.16. The number of carbonyl (C=O) groups excluding carboxylic acids is 1. The maximum atomic E-state index is 12.5. The number of nitrogens with one attached hydrogen (secondary N) is 1. The molecule has 0 saturated carbocycles. The van der Waals surface area contributed by atoms with E-state index in [1.165, 1.54) is 9.87 Å². The summed E-state index contributed by atoms with van der Waals surface area (Å²) >= 11 is 1.72. The molecular weight excluding hydrogens is 394 g/mol. The van der Waals surface area contributed by atoms with Gasteiger partial charge < -0.3 is 5.32 Å². The predicted octanol–water partition coefficient (Wildman–Crippen LogP) is 3.37. The summed E-state index contributed by atoms with van der Waals surface area (Å²) in [6, 6.07) is 11.8. The Morgan fingerprint density at radius 2 is 1.93 bits per heavy atom. The Labute approximate surface area is 170 Å². The fraction of sp³-hybridized carbons (Fsp3) is 0.400. The largest absolute Gasteiger partial charge is 0.326 e. The van der Waals surface area contributed by atoms with Crippen molar-refractivity contribution < 1.29 is 13.2 Å². The van der Waals surface area contributed by atoms with Crippen molar-refractivity contribution in [2.45, 2.75) is 30.4 Å². The van der Waals surface area contributed by atoms with Crippen LogP contribution in [0.2, 0.25) is 0 Å². The van der Waals surface area contributed by atoms with E-state index in [1.807, 2.05) is 42.6 Å². The van der Waals surface area contributed by atoms with Gasteiger partial charge in [0.15, 0.2) is 0 Å². The SMILES string of the molecule is CCS(=O)(=O)N1CCC(C(=O)Nc2ccc(SCc3cccnc3)cc2)CC1.